The minimum atomic E-state index is -0.499. The highest BCUT2D eigenvalue weighted by Crippen LogP contribution is 2.34. The van der Waals surface area contributed by atoms with Crippen LogP contribution in [-0.4, -0.2) is 31.4 Å². The number of aliphatic hydroxyl groups excluding tert-OH is 1. The quantitative estimate of drug-likeness (QED) is 0.889. The number of nitrogens with one attached hydrogen (secondary N) is 1. The molecule has 1 aliphatic rings. The zero-order valence-corrected chi connectivity index (χ0v) is 10.9. The first-order valence-corrected chi connectivity index (χ1v) is 6.35. The molecule has 1 aromatic carbocycles. The topological polar surface area (TPSA) is 41.5 Å². The fraction of sp³-hybridized carbons (Fsp3) is 0.500. The molecule has 0 bridgehead atoms. The van der Waals surface area contributed by atoms with Crippen LogP contribution in [-0.2, 0) is 10.3 Å². The lowest BCUT2D eigenvalue weighted by Gasteiger charge is -2.38. The third kappa shape index (κ3) is 2.75. The maximum Gasteiger partial charge on any atom is 0.108 e. The predicted octanol–water partition coefficient (Wildman–Crippen LogP) is 2.19. The summed E-state index contributed by atoms with van der Waals surface area (Å²) in [6.45, 7) is 2.20. The first-order valence-electron chi connectivity index (χ1n) is 5.59. The second-order valence-corrected chi connectivity index (χ2v) is 4.94. The van der Waals surface area contributed by atoms with Crippen molar-refractivity contribution in [3.63, 3.8) is 0 Å². The SMILES string of the molecule is OCCC1(c2ccc(Cl)c(Cl)c2)CNCCO1. The minimum Gasteiger partial charge on any atom is -0.396 e. The zero-order chi connectivity index (χ0) is 12.3. The Morgan fingerprint density at radius 3 is 2.76 bits per heavy atom. The highest BCUT2D eigenvalue weighted by Gasteiger charge is 2.35. The van der Waals surface area contributed by atoms with Crippen LogP contribution in [0.3, 0.4) is 0 Å². The smallest absolute Gasteiger partial charge is 0.108 e. The highest BCUT2D eigenvalue weighted by atomic mass is 35.5. The van der Waals surface area contributed by atoms with Crippen LogP contribution in [0.5, 0.6) is 0 Å². The van der Waals surface area contributed by atoms with E-state index in [1.807, 2.05) is 12.1 Å². The Kier molecular flexibility index (Phi) is 4.28. The molecule has 17 heavy (non-hydrogen) atoms. The van der Waals surface area contributed by atoms with E-state index in [4.69, 9.17) is 27.9 Å². The molecule has 94 valence electrons. The number of ether oxygens (including phenoxy) is 1. The van der Waals surface area contributed by atoms with E-state index in [9.17, 15) is 5.11 Å². The summed E-state index contributed by atoms with van der Waals surface area (Å²) in [6.07, 6.45) is 0.540. The van der Waals surface area contributed by atoms with Gasteiger partial charge in [0.25, 0.3) is 0 Å². The molecule has 0 amide bonds. The van der Waals surface area contributed by atoms with Crippen LogP contribution in [0, 0.1) is 0 Å². The Balaban J connectivity index is 2.34. The van der Waals surface area contributed by atoms with E-state index in [0.717, 1.165) is 12.1 Å². The third-order valence-electron chi connectivity index (χ3n) is 3.03. The molecule has 3 nitrogen and oxygen atoms in total. The van der Waals surface area contributed by atoms with Gasteiger partial charge in [0.15, 0.2) is 0 Å². The summed E-state index contributed by atoms with van der Waals surface area (Å²) in [4.78, 5) is 0. The molecule has 2 N–H and O–H groups in total. The van der Waals surface area contributed by atoms with Crippen LogP contribution in [0.15, 0.2) is 18.2 Å². The number of rotatable bonds is 3. The summed E-state index contributed by atoms with van der Waals surface area (Å²) in [5, 5.41) is 13.5. The van der Waals surface area contributed by atoms with Gasteiger partial charge in [-0.15, -0.1) is 0 Å². The van der Waals surface area contributed by atoms with E-state index in [1.54, 1.807) is 6.07 Å². The van der Waals surface area contributed by atoms with Gasteiger partial charge in [0.05, 0.1) is 16.7 Å². The van der Waals surface area contributed by atoms with Crippen molar-refractivity contribution in [3.05, 3.63) is 33.8 Å². The summed E-state index contributed by atoms with van der Waals surface area (Å²) < 4.78 is 5.86. The first-order chi connectivity index (χ1) is 8.18. The molecular weight excluding hydrogens is 261 g/mol. The van der Waals surface area contributed by atoms with Crippen molar-refractivity contribution in [1.29, 1.82) is 0 Å². The molecule has 0 radical (unpaired) electrons. The average Bonchev–Trinajstić information content (AvgIpc) is 2.34. The Labute approximate surface area is 111 Å². The van der Waals surface area contributed by atoms with Gasteiger partial charge in [-0.3, -0.25) is 0 Å². The lowest BCUT2D eigenvalue weighted by molar-refractivity contribution is -0.0839. The van der Waals surface area contributed by atoms with Crippen LogP contribution >= 0.6 is 23.2 Å². The molecule has 0 aliphatic carbocycles. The normalized spacial score (nSPS) is 24.9. The second-order valence-electron chi connectivity index (χ2n) is 4.12. The highest BCUT2D eigenvalue weighted by molar-refractivity contribution is 6.42. The largest absolute Gasteiger partial charge is 0.396 e. The Morgan fingerprint density at radius 1 is 1.35 bits per heavy atom. The fourth-order valence-electron chi connectivity index (χ4n) is 2.11. The predicted molar refractivity (Wildman–Crippen MR) is 68.7 cm³/mol. The number of halogens is 2. The second kappa shape index (κ2) is 5.55. The number of morpholine rings is 1. The number of hydrogen-bond donors (Lipinski definition) is 2. The van der Waals surface area contributed by atoms with E-state index in [1.165, 1.54) is 0 Å². The molecule has 1 unspecified atom stereocenters. The van der Waals surface area contributed by atoms with E-state index in [2.05, 4.69) is 5.32 Å². The van der Waals surface area contributed by atoms with Gasteiger partial charge in [-0.1, -0.05) is 29.3 Å². The first kappa shape index (κ1) is 13.1. The summed E-state index contributed by atoms with van der Waals surface area (Å²) in [6, 6.07) is 5.47. The number of benzene rings is 1. The molecular formula is C12H15Cl2NO2. The van der Waals surface area contributed by atoms with E-state index in [-0.39, 0.29) is 6.61 Å². The molecule has 1 fully saturated rings. The molecule has 1 aliphatic heterocycles. The van der Waals surface area contributed by atoms with Gasteiger partial charge >= 0.3 is 0 Å². The van der Waals surface area contributed by atoms with Crippen molar-refractivity contribution in [1.82, 2.24) is 5.32 Å². The molecule has 2 rings (SSSR count). The third-order valence-corrected chi connectivity index (χ3v) is 3.77. The van der Waals surface area contributed by atoms with Gasteiger partial charge in [-0.05, 0) is 17.7 Å². The zero-order valence-electron chi connectivity index (χ0n) is 9.38. The number of aliphatic hydroxyl groups is 1. The van der Waals surface area contributed by atoms with Crippen molar-refractivity contribution >= 4 is 23.2 Å². The monoisotopic (exact) mass is 275 g/mol. The Hall–Kier alpha value is -0.320. The molecule has 0 spiro atoms. The maximum atomic E-state index is 9.20. The Bertz CT molecular complexity index is 387. The lowest BCUT2D eigenvalue weighted by Crippen LogP contribution is -2.48. The number of hydrogen-bond acceptors (Lipinski definition) is 3. The van der Waals surface area contributed by atoms with Gasteiger partial charge in [-0.25, -0.2) is 0 Å². The summed E-state index contributed by atoms with van der Waals surface area (Å²) in [7, 11) is 0. The van der Waals surface area contributed by atoms with Crippen LogP contribution in [0.2, 0.25) is 10.0 Å². The van der Waals surface area contributed by atoms with Gasteiger partial charge < -0.3 is 15.2 Å². The van der Waals surface area contributed by atoms with Crippen LogP contribution in [0.4, 0.5) is 0 Å². The summed E-state index contributed by atoms with van der Waals surface area (Å²) in [5.41, 5.74) is 0.453. The molecule has 1 heterocycles. The van der Waals surface area contributed by atoms with Gasteiger partial charge in [-0.2, -0.15) is 0 Å². The molecule has 0 aromatic heterocycles. The summed E-state index contributed by atoms with van der Waals surface area (Å²) >= 11 is 11.9. The van der Waals surface area contributed by atoms with Gasteiger partial charge in [0, 0.05) is 26.1 Å². The molecule has 1 aromatic rings. The van der Waals surface area contributed by atoms with Crippen molar-refractivity contribution in [2.45, 2.75) is 12.0 Å². The van der Waals surface area contributed by atoms with Crippen molar-refractivity contribution < 1.29 is 9.84 Å². The van der Waals surface area contributed by atoms with Crippen molar-refractivity contribution in [3.8, 4) is 0 Å². The van der Waals surface area contributed by atoms with E-state index in [0.29, 0.717) is 29.6 Å². The standard InChI is InChI=1S/C12H15Cl2NO2/c13-10-2-1-9(7-11(10)14)12(3-5-16)8-15-4-6-17-12/h1-2,7,15-16H,3-6,8H2. The molecule has 5 heteroatoms. The van der Waals surface area contributed by atoms with Crippen molar-refractivity contribution in [2.24, 2.45) is 0 Å². The van der Waals surface area contributed by atoms with E-state index >= 15 is 0 Å². The summed E-state index contributed by atoms with van der Waals surface area (Å²) in [5.74, 6) is 0. The molecule has 1 atom stereocenters. The maximum absolute atomic E-state index is 9.20. The average molecular weight is 276 g/mol. The molecule has 0 saturated carbocycles. The molecule has 1 saturated heterocycles. The van der Waals surface area contributed by atoms with Crippen LogP contribution in [0.25, 0.3) is 0 Å². The lowest BCUT2D eigenvalue weighted by atomic mass is 9.89. The minimum absolute atomic E-state index is 0.0714. The van der Waals surface area contributed by atoms with Gasteiger partial charge in [0.1, 0.15) is 5.60 Å². The fourth-order valence-corrected chi connectivity index (χ4v) is 2.41. The van der Waals surface area contributed by atoms with Crippen LogP contribution < -0.4 is 5.32 Å². The van der Waals surface area contributed by atoms with Gasteiger partial charge in [0.2, 0.25) is 0 Å². The van der Waals surface area contributed by atoms with Crippen LogP contribution in [0.1, 0.15) is 12.0 Å². The van der Waals surface area contributed by atoms with E-state index < -0.39 is 5.60 Å². The van der Waals surface area contributed by atoms with Crippen molar-refractivity contribution in [2.75, 3.05) is 26.3 Å². The Morgan fingerprint density at radius 2 is 2.18 bits per heavy atom.